The Morgan fingerprint density at radius 1 is 1.08 bits per heavy atom. The lowest BCUT2D eigenvalue weighted by molar-refractivity contribution is -0.135. The van der Waals surface area contributed by atoms with Crippen molar-refractivity contribution in [1.29, 1.82) is 0 Å². The number of rotatable bonds is 2. The molecule has 1 aromatic heterocycles. The molecule has 0 N–H and O–H groups in total. The summed E-state index contributed by atoms with van der Waals surface area (Å²) < 4.78 is 5.97. The van der Waals surface area contributed by atoms with Crippen LogP contribution in [0.5, 0.6) is 0 Å². The highest BCUT2D eigenvalue weighted by Gasteiger charge is 2.33. The molecule has 0 spiro atoms. The molecule has 4 rings (SSSR count). The van der Waals surface area contributed by atoms with Gasteiger partial charge in [-0.3, -0.25) is 9.78 Å². The Kier molecular flexibility index (Phi) is 3.46. The van der Waals surface area contributed by atoms with Crippen LogP contribution in [0, 0.1) is 0 Å². The first-order valence-electron chi connectivity index (χ1n) is 7.66. The quantitative estimate of drug-likeness (QED) is 0.727. The van der Waals surface area contributed by atoms with Crippen LogP contribution >= 0.6 is 0 Å². The number of hydrogen-bond acceptors (Lipinski definition) is 4. The molecule has 0 aliphatic carbocycles. The fraction of sp³-hybridized carbons (Fsp3) is 0.105. The first kappa shape index (κ1) is 14.4. The fourth-order valence-electron chi connectivity index (χ4n) is 2.74. The largest absolute Gasteiger partial charge is 0.446 e. The van der Waals surface area contributed by atoms with Gasteiger partial charge in [0.15, 0.2) is 0 Å². The van der Waals surface area contributed by atoms with Gasteiger partial charge in [-0.1, -0.05) is 36.4 Å². The number of nitrogens with zero attached hydrogens (tertiary/aromatic N) is 3. The van der Waals surface area contributed by atoms with E-state index in [1.807, 2.05) is 48.5 Å². The van der Waals surface area contributed by atoms with Crippen LogP contribution in [0.4, 0.5) is 0 Å². The Labute approximate surface area is 139 Å². The van der Waals surface area contributed by atoms with E-state index in [2.05, 4.69) is 16.2 Å². The number of hydrazone groups is 1. The smallest absolute Gasteiger partial charge is 0.243 e. The predicted molar refractivity (Wildman–Crippen MR) is 91.1 cm³/mol. The maximum atomic E-state index is 11.9. The molecule has 0 radical (unpaired) electrons. The minimum atomic E-state index is -0.585. The van der Waals surface area contributed by atoms with Crippen LogP contribution in [0.3, 0.4) is 0 Å². The van der Waals surface area contributed by atoms with Gasteiger partial charge >= 0.3 is 0 Å². The number of pyridine rings is 1. The normalized spacial score (nSPS) is 16.8. The molecule has 0 bridgehead atoms. The van der Waals surface area contributed by atoms with Crippen molar-refractivity contribution in [3.8, 4) is 0 Å². The van der Waals surface area contributed by atoms with E-state index in [0.29, 0.717) is 5.90 Å². The molecule has 0 fully saturated rings. The van der Waals surface area contributed by atoms with Gasteiger partial charge in [0, 0.05) is 30.4 Å². The second-order valence-electron chi connectivity index (χ2n) is 5.59. The highest BCUT2D eigenvalue weighted by atomic mass is 16.5. The molecule has 0 saturated carbocycles. The Balaban J connectivity index is 1.72. The lowest BCUT2D eigenvalue weighted by atomic mass is 10.1. The van der Waals surface area contributed by atoms with Crippen molar-refractivity contribution >= 4 is 22.6 Å². The molecule has 1 unspecified atom stereocenters. The van der Waals surface area contributed by atoms with E-state index in [0.717, 1.165) is 21.9 Å². The van der Waals surface area contributed by atoms with Crippen molar-refractivity contribution in [3.63, 3.8) is 0 Å². The Hall–Kier alpha value is -3.21. The van der Waals surface area contributed by atoms with Crippen molar-refractivity contribution in [3.05, 3.63) is 78.1 Å². The van der Waals surface area contributed by atoms with Crippen molar-refractivity contribution in [2.45, 2.75) is 13.2 Å². The van der Waals surface area contributed by atoms with E-state index in [-0.39, 0.29) is 5.91 Å². The van der Waals surface area contributed by atoms with Crippen LogP contribution in [-0.4, -0.2) is 21.8 Å². The first-order chi connectivity index (χ1) is 11.7. The molecular weight excluding hydrogens is 302 g/mol. The average molecular weight is 317 g/mol. The molecule has 3 aromatic rings. The number of ether oxygens (including phenoxy) is 1. The Bertz CT molecular complexity index is 938. The van der Waals surface area contributed by atoms with Gasteiger partial charge in [-0.2, -0.15) is 5.01 Å². The summed E-state index contributed by atoms with van der Waals surface area (Å²) in [6.07, 6.45) is 2.78. The third-order valence-corrected chi connectivity index (χ3v) is 3.93. The third-order valence-electron chi connectivity index (χ3n) is 3.93. The summed E-state index contributed by atoms with van der Waals surface area (Å²) in [5.74, 6) is 0.254. The number of hydrogen-bond donors (Lipinski definition) is 0. The number of benzene rings is 2. The van der Waals surface area contributed by atoms with Crippen LogP contribution in [-0.2, 0) is 9.53 Å². The van der Waals surface area contributed by atoms with Gasteiger partial charge in [0.2, 0.25) is 18.0 Å². The van der Waals surface area contributed by atoms with Crippen LogP contribution in [0.15, 0.2) is 72.1 Å². The minimum Gasteiger partial charge on any atom is -0.446 e. The van der Waals surface area contributed by atoms with E-state index < -0.39 is 6.23 Å². The summed E-state index contributed by atoms with van der Waals surface area (Å²) in [6.45, 7) is 1.47. The molecule has 0 saturated heterocycles. The number of carbonyl (C=O) groups excluding carboxylic acids is 1. The van der Waals surface area contributed by atoms with Gasteiger partial charge in [0.1, 0.15) is 0 Å². The number of fused-ring (bicyclic) bond motifs is 1. The van der Waals surface area contributed by atoms with Gasteiger partial charge in [0.05, 0.1) is 0 Å². The number of amides is 1. The molecule has 2 heterocycles. The van der Waals surface area contributed by atoms with Crippen LogP contribution in [0.2, 0.25) is 0 Å². The predicted octanol–water partition coefficient (Wildman–Crippen LogP) is 3.47. The van der Waals surface area contributed by atoms with Gasteiger partial charge < -0.3 is 4.74 Å². The zero-order valence-electron chi connectivity index (χ0n) is 13.1. The highest BCUT2D eigenvalue weighted by Crippen LogP contribution is 2.30. The summed E-state index contributed by atoms with van der Waals surface area (Å²) >= 11 is 0. The number of aromatic nitrogens is 1. The van der Waals surface area contributed by atoms with Gasteiger partial charge in [-0.25, -0.2) is 0 Å². The van der Waals surface area contributed by atoms with E-state index in [1.54, 1.807) is 12.4 Å². The lowest BCUT2D eigenvalue weighted by Crippen LogP contribution is -2.25. The van der Waals surface area contributed by atoms with Gasteiger partial charge in [0.25, 0.3) is 0 Å². The maximum Gasteiger partial charge on any atom is 0.243 e. The maximum absolute atomic E-state index is 11.9. The van der Waals surface area contributed by atoms with Gasteiger partial charge in [-0.15, -0.1) is 5.10 Å². The van der Waals surface area contributed by atoms with Crippen LogP contribution in [0.25, 0.3) is 10.8 Å². The molecule has 5 nitrogen and oxygen atoms in total. The molecular formula is C19H15N3O2. The zero-order valence-corrected chi connectivity index (χ0v) is 13.1. The topological polar surface area (TPSA) is 54.8 Å². The molecule has 1 aliphatic rings. The lowest BCUT2D eigenvalue weighted by Gasteiger charge is -2.18. The van der Waals surface area contributed by atoms with Crippen molar-refractivity contribution in [2.24, 2.45) is 5.10 Å². The Morgan fingerprint density at radius 2 is 1.92 bits per heavy atom. The second kappa shape index (κ2) is 5.77. The minimum absolute atomic E-state index is 0.181. The van der Waals surface area contributed by atoms with Crippen molar-refractivity contribution < 1.29 is 9.53 Å². The average Bonchev–Trinajstić information content (AvgIpc) is 3.08. The summed E-state index contributed by atoms with van der Waals surface area (Å²) in [5.41, 5.74) is 1.62. The van der Waals surface area contributed by atoms with Crippen molar-refractivity contribution in [2.75, 3.05) is 0 Å². The van der Waals surface area contributed by atoms with E-state index in [1.165, 1.54) is 11.9 Å². The highest BCUT2D eigenvalue weighted by molar-refractivity contribution is 6.00. The van der Waals surface area contributed by atoms with E-state index >= 15 is 0 Å². The standard InChI is InChI=1S/C19H15N3O2/c1-13(23)22-19(17-7-4-10-20-12-17)24-18(21-22)16-9-8-14-5-2-3-6-15(14)11-16/h2-12,19H,1H3. The van der Waals surface area contributed by atoms with E-state index in [4.69, 9.17) is 4.74 Å². The summed E-state index contributed by atoms with van der Waals surface area (Å²) in [5, 5.41) is 7.96. The SMILES string of the molecule is CC(=O)N1N=C(c2ccc3ccccc3c2)OC1c1cccnc1. The summed E-state index contributed by atoms with van der Waals surface area (Å²) in [6, 6.07) is 17.7. The van der Waals surface area contributed by atoms with E-state index in [9.17, 15) is 4.79 Å². The number of carbonyl (C=O) groups is 1. The molecule has 1 amide bonds. The molecule has 24 heavy (non-hydrogen) atoms. The van der Waals surface area contributed by atoms with Crippen LogP contribution < -0.4 is 0 Å². The van der Waals surface area contributed by atoms with Crippen LogP contribution in [0.1, 0.15) is 24.3 Å². The Morgan fingerprint density at radius 3 is 2.67 bits per heavy atom. The third kappa shape index (κ3) is 2.50. The molecule has 1 atom stereocenters. The molecule has 118 valence electrons. The molecule has 5 heteroatoms. The zero-order chi connectivity index (χ0) is 16.5. The summed E-state index contributed by atoms with van der Waals surface area (Å²) in [4.78, 5) is 16.0. The molecule has 1 aliphatic heterocycles. The second-order valence-corrected chi connectivity index (χ2v) is 5.59. The molecule has 2 aromatic carbocycles. The van der Waals surface area contributed by atoms with Crippen molar-refractivity contribution in [1.82, 2.24) is 9.99 Å². The summed E-state index contributed by atoms with van der Waals surface area (Å²) in [7, 11) is 0. The fourth-order valence-corrected chi connectivity index (χ4v) is 2.74. The van der Waals surface area contributed by atoms with Gasteiger partial charge in [-0.05, 0) is 29.0 Å². The first-order valence-corrected chi connectivity index (χ1v) is 7.66. The monoisotopic (exact) mass is 317 g/mol.